The predicted molar refractivity (Wildman–Crippen MR) is 129 cm³/mol. The molecular formula is C23H21ClFN3O3S2. The maximum Gasteiger partial charge on any atom is 0.255 e. The zero-order valence-corrected chi connectivity index (χ0v) is 20.0. The van der Waals surface area contributed by atoms with Crippen LogP contribution in [0.4, 0.5) is 4.39 Å². The number of halogens is 2. The van der Waals surface area contributed by atoms with Gasteiger partial charge in [-0.15, -0.1) is 11.8 Å². The van der Waals surface area contributed by atoms with E-state index in [9.17, 15) is 17.6 Å². The zero-order valence-electron chi connectivity index (χ0n) is 17.6. The first kappa shape index (κ1) is 24.9. The lowest BCUT2D eigenvalue weighted by atomic mass is 10.2. The van der Waals surface area contributed by atoms with Crippen molar-refractivity contribution in [1.82, 2.24) is 9.73 Å². The fourth-order valence-electron chi connectivity index (χ4n) is 2.84. The summed E-state index contributed by atoms with van der Waals surface area (Å²) in [6.07, 6.45) is 3.44. The Morgan fingerprint density at radius 1 is 1.06 bits per heavy atom. The molecule has 3 rings (SSSR count). The van der Waals surface area contributed by atoms with Gasteiger partial charge in [0, 0.05) is 16.5 Å². The molecule has 0 spiro atoms. The number of rotatable bonds is 9. The molecule has 0 aromatic heterocycles. The lowest BCUT2D eigenvalue weighted by Crippen LogP contribution is -2.39. The monoisotopic (exact) mass is 505 g/mol. The highest BCUT2D eigenvalue weighted by Crippen LogP contribution is 2.21. The maximum absolute atomic E-state index is 13.3. The largest absolute Gasteiger partial charge is 0.272 e. The quantitative estimate of drug-likeness (QED) is 0.263. The summed E-state index contributed by atoms with van der Waals surface area (Å²) < 4.78 is 40.7. The second-order valence-electron chi connectivity index (χ2n) is 6.92. The Labute approximate surface area is 201 Å². The van der Waals surface area contributed by atoms with Gasteiger partial charge in [-0.25, -0.2) is 18.2 Å². The number of benzene rings is 3. The Morgan fingerprint density at radius 2 is 1.70 bits per heavy atom. The second-order valence-corrected chi connectivity index (χ2v) is 10.2. The molecule has 3 aromatic carbocycles. The lowest BCUT2D eigenvalue weighted by molar-refractivity contribution is -0.121. The summed E-state index contributed by atoms with van der Waals surface area (Å²) >= 11 is 7.48. The third-order valence-corrected chi connectivity index (χ3v) is 7.36. The minimum atomic E-state index is -4.04. The van der Waals surface area contributed by atoms with Crippen LogP contribution in [0.3, 0.4) is 0 Å². The molecular weight excluding hydrogens is 485 g/mol. The third-order valence-electron chi connectivity index (χ3n) is 4.56. The van der Waals surface area contributed by atoms with E-state index in [4.69, 9.17) is 11.6 Å². The molecule has 10 heteroatoms. The van der Waals surface area contributed by atoms with Crippen LogP contribution in [0.25, 0.3) is 0 Å². The molecule has 0 heterocycles. The van der Waals surface area contributed by atoms with E-state index in [-0.39, 0.29) is 11.4 Å². The molecule has 0 saturated carbocycles. The summed E-state index contributed by atoms with van der Waals surface area (Å²) in [5.41, 5.74) is 3.67. The summed E-state index contributed by atoms with van der Waals surface area (Å²) in [6, 6.07) is 18.6. The topological polar surface area (TPSA) is 78.8 Å². The van der Waals surface area contributed by atoms with Crippen molar-refractivity contribution in [3.8, 4) is 0 Å². The Balaban J connectivity index is 1.76. The van der Waals surface area contributed by atoms with E-state index in [0.717, 1.165) is 14.8 Å². The first-order valence-corrected chi connectivity index (χ1v) is 12.8. The molecule has 0 saturated heterocycles. The lowest BCUT2D eigenvalue weighted by Gasteiger charge is -2.21. The van der Waals surface area contributed by atoms with Gasteiger partial charge in [-0.1, -0.05) is 35.9 Å². The van der Waals surface area contributed by atoms with Crippen molar-refractivity contribution in [1.29, 1.82) is 0 Å². The van der Waals surface area contributed by atoms with Crippen LogP contribution >= 0.6 is 23.4 Å². The number of amides is 1. The van der Waals surface area contributed by atoms with Crippen LogP contribution in [-0.4, -0.2) is 37.6 Å². The zero-order chi connectivity index (χ0) is 23.8. The van der Waals surface area contributed by atoms with E-state index < -0.39 is 28.3 Å². The average Bonchev–Trinajstić information content (AvgIpc) is 2.81. The van der Waals surface area contributed by atoms with E-state index in [2.05, 4.69) is 10.5 Å². The van der Waals surface area contributed by atoms with Crippen molar-refractivity contribution in [3.05, 3.63) is 94.8 Å². The molecule has 0 aliphatic heterocycles. The van der Waals surface area contributed by atoms with Crippen molar-refractivity contribution in [2.75, 3.05) is 12.8 Å². The number of hydrogen-bond acceptors (Lipinski definition) is 5. The number of hydrogen-bond donors (Lipinski definition) is 1. The van der Waals surface area contributed by atoms with Crippen molar-refractivity contribution >= 4 is 45.5 Å². The van der Waals surface area contributed by atoms with Crippen molar-refractivity contribution in [2.24, 2.45) is 5.10 Å². The molecule has 1 amide bonds. The fourth-order valence-corrected chi connectivity index (χ4v) is 4.76. The molecule has 1 N–H and O–H groups in total. The van der Waals surface area contributed by atoms with E-state index in [1.54, 1.807) is 11.8 Å². The van der Waals surface area contributed by atoms with Crippen LogP contribution in [-0.2, 0) is 21.4 Å². The number of thioether (sulfide) groups is 1. The molecule has 0 aliphatic carbocycles. The van der Waals surface area contributed by atoms with Crippen molar-refractivity contribution < 1.29 is 17.6 Å². The van der Waals surface area contributed by atoms with Crippen molar-refractivity contribution in [3.63, 3.8) is 0 Å². The Bertz CT molecular complexity index is 1220. The Hall–Kier alpha value is -2.72. The van der Waals surface area contributed by atoms with Crippen molar-refractivity contribution in [2.45, 2.75) is 16.3 Å². The molecule has 0 fully saturated rings. The van der Waals surface area contributed by atoms with Crippen LogP contribution in [0, 0.1) is 5.82 Å². The van der Waals surface area contributed by atoms with Crippen LogP contribution in [0.15, 0.2) is 87.7 Å². The highest BCUT2D eigenvalue weighted by atomic mass is 35.5. The van der Waals surface area contributed by atoms with Crippen LogP contribution in [0.1, 0.15) is 11.1 Å². The molecule has 3 aromatic rings. The van der Waals surface area contributed by atoms with E-state index in [1.807, 2.05) is 30.5 Å². The van der Waals surface area contributed by atoms with Gasteiger partial charge in [0.15, 0.2) is 0 Å². The molecule has 0 atom stereocenters. The molecule has 0 bridgehead atoms. The summed E-state index contributed by atoms with van der Waals surface area (Å²) in [4.78, 5) is 13.6. The van der Waals surface area contributed by atoms with Gasteiger partial charge in [0.25, 0.3) is 5.91 Å². The average molecular weight is 506 g/mol. The van der Waals surface area contributed by atoms with Gasteiger partial charge in [0.2, 0.25) is 10.0 Å². The Kier molecular flexibility index (Phi) is 8.62. The smallest absolute Gasteiger partial charge is 0.255 e. The number of sulfonamides is 1. The highest BCUT2D eigenvalue weighted by Gasteiger charge is 2.27. The SMILES string of the molecule is CSc1ccc(/C=N\NC(=O)CN(Cc2ccc(F)cc2)S(=O)(=O)c2ccc(Cl)cc2)cc1. The molecule has 0 unspecified atom stereocenters. The minimum Gasteiger partial charge on any atom is -0.272 e. The van der Waals surface area contributed by atoms with Gasteiger partial charge in [-0.3, -0.25) is 4.79 Å². The number of carbonyl (C=O) groups is 1. The predicted octanol–water partition coefficient (Wildman–Crippen LogP) is 4.54. The molecule has 172 valence electrons. The van der Waals surface area contributed by atoms with Gasteiger partial charge >= 0.3 is 0 Å². The summed E-state index contributed by atoms with van der Waals surface area (Å²) in [6.45, 7) is -0.608. The Morgan fingerprint density at radius 3 is 2.30 bits per heavy atom. The number of hydrazone groups is 1. The third kappa shape index (κ3) is 7.13. The molecule has 0 aliphatic rings. The maximum atomic E-state index is 13.3. The molecule has 0 radical (unpaired) electrons. The van der Waals surface area contributed by atoms with Gasteiger partial charge in [-0.2, -0.15) is 9.41 Å². The van der Waals surface area contributed by atoms with Gasteiger partial charge in [0.1, 0.15) is 5.82 Å². The van der Waals surface area contributed by atoms with Gasteiger partial charge < -0.3 is 0 Å². The van der Waals surface area contributed by atoms with E-state index >= 15 is 0 Å². The standard InChI is InChI=1S/C23H21ClFN3O3S2/c1-32-21-10-4-17(5-11-21)14-26-27-23(29)16-28(15-18-2-8-20(25)9-3-18)33(30,31)22-12-6-19(24)7-13-22/h2-14H,15-16H2,1H3,(H,27,29)/b26-14-. The summed E-state index contributed by atoms with van der Waals surface area (Å²) in [5.74, 6) is -1.06. The van der Waals surface area contributed by atoms with Gasteiger partial charge in [0.05, 0.1) is 17.7 Å². The summed E-state index contributed by atoms with van der Waals surface area (Å²) in [5, 5.41) is 4.30. The van der Waals surface area contributed by atoms with Gasteiger partial charge in [-0.05, 0) is 65.9 Å². The van der Waals surface area contributed by atoms with E-state index in [0.29, 0.717) is 10.6 Å². The van der Waals surface area contributed by atoms with E-state index in [1.165, 1.54) is 54.7 Å². The first-order valence-electron chi connectivity index (χ1n) is 9.74. The second kappa shape index (κ2) is 11.4. The molecule has 33 heavy (non-hydrogen) atoms. The number of nitrogens with zero attached hydrogens (tertiary/aromatic N) is 2. The van der Waals surface area contributed by atoms with Crippen LogP contribution < -0.4 is 5.43 Å². The number of carbonyl (C=O) groups excluding carboxylic acids is 1. The normalized spacial score (nSPS) is 11.8. The van der Waals surface area contributed by atoms with Crippen LogP contribution in [0.2, 0.25) is 5.02 Å². The first-order chi connectivity index (χ1) is 15.8. The highest BCUT2D eigenvalue weighted by molar-refractivity contribution is 7.98. The molecule has 6 nitrogen and oxygen atoms in total. The number of nitrogens with one attached hydrogen (secondary N) is 1. The minimum absolute atomic E-state index is 0.0146. The fraction of sp³-hybridized carbons (Fsp3) is 0.130. The van der Waals surface area contributed by atoms with Crippen LogP contribution in [0.5, 0.6) is 0 Å². The summed E-state index contributed by atoms with van der Waals surface area (Å²) in [7, 11) is -4.04.